The third-order valence-corrected chi connectivity index (χ3v) is 3.67. The fourth-order valence-electron chi connectivity index (χ4n) is 2.03. The van der Waals surface area contributed by atoms with Gasteiger partial charge in [-0.15, -0.1) is 0 Å². The van der Waals surface area contributed by atoms with Crippen molar-refractivity contribution >= 4 is 15.9 Å². The van der Waals surface area contributed by atoms with Crippen molar-refractivity contribution in [2.75, 3.05) is 13.2 Å². The molecular weight excluding hydrogens is 270 g/mol. The lowest BCUT2D eigenvalue weighted by Crippen LogP contribution is -2.28. The Balaban J connectivity index is 1.81. The van der Waals surface area contributed by atoms with E-state index in [0.717, 1.165) is 30.0 Å². The summed E-state index contributed by atoms with van der Waals surface area (Å²) in [6.07, 6.45) is 1.53. The Bertz CT molecular complexity index is 340. The maximum Gasteiger partial charge on any atom is 0.169 e. The summed E-state index contributed by atoms with van der Waals surface area (Å²) in [5, 5.41) is 3.49. The second-order valence-electron chi connectivity index (χ2n) is 4.40. The largest absolute Gasteiger partial charge is 0.453 e. The Kier molecular flexibility index (Phi) is 4.05. The zero-order chi connectivity index (χ0) is 11.5. The Morgan fingerprint density at radius 3 is 2.94 bits per heavy atom. The van der Waals surface area contributed by atoms with E-state index in [-0.39, 0.29) is 6.04 Å². The number of hydrogen-bond donors (Lipinski definition) is 1. The van der Waals surface area contributed by atoms with E-state index in [4.69, 9.17) is 9.15 Å². The van der Waals surface area contributed by atoms with Crippen LogP contribution in [0, 0.1) is 5.92 Å². The summed E-state index contributed by atoms with van der Waals surface area (Å²) in [4.78, 5) is 0. The van der Waals surface area contributed by atoms with Gasteiger partial charge in [0, 0.05) is 13.2 Å². The van der Waals surface area contributed by atoms with Crippen molar-refractivity contribution in [2.24, 2.45) is 5.92 Å². The van der Waals surface area contributed by atoms with Crippen molar-refractivity contribution in [3.8, 4) is 0 Å². The van der Waals surface area contributed by atoms with Crippen molar-refractivity contribution in [1.82, 2.24) is 5.32 Å². The van der Waals surface area contributed by atoms with Gasteiger partial charge in [-0.1, -0.05) is 0 Å². The predicted octanol–water partition coefficient (Wildman–Crippen LogP) is 3.12. The summed E-state index contributed by atoms with van der Waals surface area (Å²) in [5.74, 6) is 1.60. The molecule has 0 bridgehead atoms. The first kappa shape index (κ1) is 12.1. The van der Waals surface area contributed by atoms with Crippen molar-refractivity contribution in [2.45, 2.75) is 32.4 Å². The minimum absolute atomic E-state index is 0.249. The lowest BCUT2D eigenvalue weighted by molar-refractivity contribution is 0.105. The van der Waals surface area contributed by atoms with Crippen molar-refractivity contribution in [3.63, 3.8) is 0 Å². The fraction of sp³-hybridized carbons (Fsp3) is 0.667. The van der Waals surface area contributed by atoms with Gasteiger partial charge >= 0.3 is 0 Å². The molecule has 2 rings (SSSR count). The first-order valence-corrected chi connectivity index (χ1v) is 6.56. The lowest BCUT2D eigenvalue weighted by atomic mass is 10.0. The monoisotopic (exact) mass is 287 g/mol. The first-order chi connectivity index (χ1) is 7.66. The Morgan fingerprint density at radius 1 is 1.56 bits per heavy atom. The molecule has 3 unspecified atom stereocenters. The number of furan rings is 1. The molecule has 0 aromatic carbocycles. The highest BCUT2D eigenvalue weighted by Gasteiger charge is 2.24. The molecule has 1 aliphatic heterocycles. The highest BCUT2D eigenvalue weighted by Crippen LogP contribution is 2.23. The molecule has 0 amide bonds. The standard InChI is InChI=1S/C12H18BrNO2/c1-8(11-3-4-12(13)16-11)14-7-10-5-6-15-9(10)2/h3-4,8-10,14H,5-7H2,1-2H3. The van der Waals surface area contributed by atoms with Crippen LogP contribution >= 0.6 is 15.9 Å². The molecule has 4 heteroatoms. The molecule has 2 heterocycles. The van der Waals surface area contributed by atoms with E-state index < -0.39 is 0 Å². The van der Waals surface area contributed by atoms with Gasteiger partial charge in [0.2, 0.25) is 0 Å². The van der Waals surface area contributed by atoms with Gasteiger partial charge in [0.25, 0.3) is 0 Å². The number of halogens is 1. The number of nitrogens with one attached hydrogen (secondary N) is 1. The maximum absolute atomic E-state index is 5.54. The van der Waals surface area contributed by atoms with Crippen molar-refractivity contribution < 1.29 is 9.15 Å². The van der Waals surface area contributed by atoms with E-state index >= 15 is 0 Å². The summed E-state index contributed by atoms with van der Waals surface area (Å²) in [6.45, 7) is 6.15. The number of ether oxygens (including phenoxy) is 1. The molecule has 1 aliphatic rings. The third-order valence-electron chi connectivity index (χ3n) is 3.24. The number of hydrogen-bond acceptors (Lipinski definition) is 3. The minimum atomic E-state index is 0.249. The quantitative estimate of drug-likeness (QED) is 0.924. The van der Waals surface area contributed by atoms with Crippen LogP contribution in [0.1, 0.15) is 32.1 Å². The molecule has 3 nitrogen and oxygen atoms in total. The highest BCUT2D eigenvalue weighted by molar-refractivity contribution is 9.10. The van der Waals surface area contributed by atoms with Crippen molar-refractivity contribution in [1.29, 1.82) is 0 Å². The van der Waals surface area contributed by atoms with Crippen molar-refractivity contribution in [3.05, 3.63) is 22.6 Å². The molecular formula is C12H18BrNO2. The van der Waals surface area contributed by atoms with Gasteiger partial charge in [-0.05, 0) is 54.2 Å². The Morgan fingerprint density at radius 2 is 2.38 bits per heavy atom. The molecule has 0 aliphatic carbocycles. The molecule has 90 valence electrons. The molecule has 16 heavy (non-hydrogen) atoms. The van der Waals surface area contributed by atoms with Crippen LogP contribution in [0.2, 0.25) is 0 Å². The third kappa shape index (κ3) is 2.87. The lowest BCUT2D eigenvalue weighted by Gasteiger charge is -2.17. The van der Waals surface area contributed by atoms with Gasteiger partial charge in [0.15, 0.2) is 4.67 Å². The maximum atomic E-state index is 5.54. The normalized spacial score (nSPS) is 27.2. The van der Waals surface area contributed by atoms with Gasteiger partial charge < -0.3 is 14.5 Å². The molecule has 1 fully saturated rings. The van der Waals surface area contributed by atoms with Crippen LogP contribution in [0.5, 0.6) is 0 Å². The van der Waals surface area contributed by atoms with Crippen LogP contribution < -0.4 is 5.32 Å². The van der Waals surface area contributed by atoms with Gasteiger partial charge in [-0.2, -0.15) is 0 Å². The molecule has 1 aromatic rings. The minimum Gasteiger partial charge on any atom is -0.453 e. The smallest absolute Gasteiger partial charge is 0.169 e. The molecule has 0 spiro atoms. The molecule has 1 N–H and O–H groups in total. The zero-order valence-electron chi connectivity index (χ0n) is 9.70. The van der Waals surface area contributed by atoms with Crippen LogP contribution in [0.3, 0.4) is 0 Å². The molecule has 3 atom stereocenters. The van der Waals surface area contributed by atoms with E-state index in [1.807, 2.05) is 12.1 Å². The van der Waals surface area contributed by atoms with E-state index in [0.29, 0.717) is 12.0 Å². The van der Waals surface area contributed by atoms with E-state index in [1.165, 1.54) is 0 Å². The van der Waals surface area contributed by atoms with Crippen LogP contribution in [0.25, 0.3) is 0 Å². The fourth-order valence-corrected chi connectivity index (χ4v) is 2.35. The molecule has 1 saturated heterocycles. The number of rotatable bonds is 4. The summed E-state index contributed by atoms with van der Waals surface area (Å²) in [5.41, 5.74) is 0. The van der Waals surface area contributed by atoms with Crippen LogP contribution in [-0.2, 0) is 4.74 Å². The van der Waals surface area contributed by atoms with E-state index in [2.05, 4.69) is 35.1 Å². The SMILES string of the molecule is CC(NCC1CCOC1C)c1ccc(Br)o1. The topological polar surface area (TPSA) is 34.4 Å². The Labute approximate surface area is 105 Å². The highest BCUT2D eigenvalue weighted by atomic mass is 79.9. The summed E-state index contributed by atoms with van der Waals surface area (Å²) in [6, 6.07) is 4.17. The zero-order valence-corrected chi connectivity index (χ0v) is 11.3. The molecule has 0 saturated carbocycles. The predicted molar refractivity (Wildman–Crippen MR) is 66.3 cm³/mol. The average Bonchev–Trinajstić information content (AvgIpc) is 2.84. The van der Waals surface area contributed by atoms with Crippen LogP contribution in [-0.4, -0.2) is 19.3 Å². The van der Waals surface area contributed by atoms with E-state index in [1.54, 1.807) is 0 Å². The van der Waals surface area contributed by atoms with Gasteiger partial charge in [-0.3, -0.25) is 0 Å². The summed E-state index contributed by atoms with van der Waals surface area (Å²) in [7, 11) is 0. The Hall–Kier alpha value is -0.320. The van der Waals surface area contributed by atoms with Crippen LogP contribution in [0.15, 0.2) is 21.2 Å². The average molecular weight is 288 g/mol. The molecule has 1 aromatic heterocycles. The first-order valence-electron chi connectivity index (χ1n) is 5.77. The van der Waals surface area contributed by atoms with Crippen LogP contribution in [0.4, 0.5) is 0 Å². The second-order valence-corrected chi connectivity index (χ2v) is 5.18. The van der Waals surface area contributed by atoms with Gasteiger partial charge in [-0.25, -0.2) is 0 Å². The summed E-state index contributed by atoms with van der Waals surface area (Å²) < 4.78 is 11.8. The van der Waals surface area contributed by atoms with Gasteiger partial charge in [0.05, 0.1) is 12.1 Å². The van der Waals surface area contributed by atoms with Gasteiger partial charge in [0.1, 0.15) is 5.76 Å². The second kappa shape index (κ2) is 5.34. The summed E-state index contributed by atoms with van der Waals surface area (Å²) >= 11 is 3.31. The molecule has 0 radical (unpaired) electrons. The van der Waals surface area contributed by atoms with E-state index in [9.17, 15) is 0 Å².